The topological polar surface area (TPSA) is 61.8 Å². The maximum atomic E-state index is 14.7. The lowest BCUT2D eigenvalue weighted by molar-refractivity contribution is -0.152. The predicted molar refractivity (Wildman–Crippen MR) is 66.1 cm³/mol. The molecule has 0 amide bonds. The first kappa shape index (κ1) is 17.3. The van der Waals surface area contributed by atoms with E-state index >= 15 is 0 Å². The van der Waals surface area contributed by atoms with E-state index in [2.05, 4.69) is 11.3 Å². The van der Waals surface area contributed by atoms with Crippen LogP contribution < -0.4 is 0 Å². The van der Waals surface area contributed by atoms with Crippen molar-refractivity contribution in [2.45, 2.75) is 32.6 Å². The van der Waals surface area contributed by atoms with E-state index in [0.717, 1.165) is 6.08 Å². The summed E-state index contributed by atoms with van der Waals surface area (Å²) in [5.41, 5.74) is 0. The van der Waals surface area contributed by atoms with Gasteiger partial charge in [0.15, 0.2) is 0 Å². The predicted octanol–water partition coefficient (Wildman–Crippen LogP) is 3.06. The first-order valence-electron chi connectivity index (χ1n) is 5.78. The van der Waals surface area contributed by atoms with Gasteiger partial charge in [-0.3, -0.25) is 4.57 Å². The Balaban J connectivity index is 5.43. The second-order valence-electron chi connectivity index (χ2n) is 3.31. The molecule has 1 atom stereocenters. The standard InChI is InChI=1S/C11H20FO5P/c1-5-9-11(12,10(13)15-6-2)18(14,16-7-3)17-8-4/h5H,1,6-9H2,2-4H3. The van der Waals surface area contributed by atoms with Crippen molar-refractivity contribution in [1.82, 2.24) is 0 Å². The summed E-state index contributed by atoms with van der Waals surface area (Å²) in [4.78, 5) is 11.7. The Hall–Kier alpha value is -0.710. The van der Waals surface area contributed by atoms with Gasteiger partial charge in [0.25, 0.3) is 0 Å². The maximum Gasteiger partial charge on any atom is 0.379 e. The van der Waals surface area contributed by atoms with Crippen molar-refractivity contribution in [2.75, 3.05) is 19.8 Å². The summed E-state index contributed by atoms with van der Waals surface area (Å²) in [6.07, 6.45) is 0.644. The Labute approximate surface area is 107 Å². The lowest BCUT2D eigenvalue weighted by Crippen LogP contribution is -2.36. The maximum absolute atomic E-state index is 14.7. The van der Waals surface area contributed by atoms with Crippen molar-refractivity contribution in [1.29, 1.82) is 0 Å². The number of hydrogen-bond donors (Lipinski definition) is 0. The van der Waals surface area contributed by atoms with Gasteiger partial charge in [-0.2, -0.15) is 0 Å². The van der Waals surface area contributed by atoms with Gasteiger partial charge in [0.2, 0.25) is 0 Å². The summed E-state index contributed by atoms with van der Waals surface area (Å²) in [5.74, 6) is -1.25. The zero-order chi connectivity index (χ0) is 14.2. The molecule has 0 heterocycles. The van der Waals surface area contributed by atoms with Gasteiger partial charge in [-0.1, -0.05) is 6.08 Å². The fourth-order valence-corrected chi connectivity index (χ4v) is 3.13. The molecule has 0 aliphatic carbocycles. The molecule has 0 saturated heterocycles. The van der Waals surface area contributed by atoms with Gasteiger partial charge in [-0.25, -0.2) is 9.18 Å². The molecular formula is C11H20FO5P. The van der Waals surface area contributed by atoms with Gasteiger partial charge in [0, 0.05) is 6.42 Å². The molecule has 5 nitrogen and oxygen atoms in total. The van der Waals surface area contributed by atoms with E-state index in [-0.39, 0.29) is 19.8 Å². The molecule has 0 fully saturated rings. The normalized spacial score (nSPS) is 14.9. The third kappa shape index (κ3) is 3.64. The summed E-state index contributed by atoms with van der Waals surface area (Å²) in [6.45, 7) is 7.82. The van der Waals surface area contributed by atoms with Gasteiger partial charge >= 0.3 is 19.0 Å². The minimum Gasteiger partial charge on any atom is -0.463 e. The van der Waals surface area contributed by atoms with Crippen molar-refractivity contribution in [3.05, 3.63) is 12.7 Å². The van der Waals surface area contributed by atoms with E-state index in [1.54, 1.807) is 0 Å². The molecule has 0 saturated carbocycles. The van der Waals surface area contributed by atoms with Crippen molar-refractivity contribution in [3.8, 4) is 0 Å². The molecule has 0 bridgehead atoms. The fourth-order valence-electron chi connectivity index (χ4n) is 1.32. The van der Waals surface area contributed by atoms with Gasteiger partial charge in [-0.15, -0.1) is 6.58 Å². The number of esters is 1. The Kier molecular flexibility index (Phi) is 7.36. The van der Waals surface area contributed by atoms with Crippen LogP contribution in [0.15, 0.2) is 12.7 Å². The van der Waals surface area contributed by atoms with Crippen molar-refractivity contribution in [3.63, 3.8) is 0 Å². The van der Waals surface area contributed by atoms with E-state index in [1.807, 2.05) is 0 Å². The second kappa shape index (κ2) is 7.67. The molecule has 0 rings (SSSR count). The molecule has 0 aliphatic heterocycles. The van der Waals surface area contributed by atoms with Gasteiger partial charge in [0.1, 0.15) is 0 Å². The monoisotopic (exact) mass is 282 g/mol. The first-order chi connectivity index (χ1) is 8.41. The number of alkyl halides is 1. The van der Waals surface area contributed by atoms with E-state index in [4.69, 9.17) is 9.05 Å². The molecular weight excluding hydrogens is 262 g/mol. The fraction of sp³-hybridized carbons (Fsp3) is 0.727. The van der Waals surface area contributed by atoms with Crippen LogP contribution in [-0.4, -0.2) is 31.2 Å². The molecule has 0 spiro atoms. The first-order valence-corrected chi connectivity index (χ1v) is 7.32. The minimum absolute atomic E-state index is 0.0279. The molecule has 0 aromatic carbocycles. The third-order valence-corrected chi connectivity index (χ3v) is 4.46. The summed E-state index contributed by atoms with van der Waals surface area (Å²) in [6, 6.07) is 0. The lowest BCUT2D eigenvalue weighted by Gasteiger charge is -2.29. The number of carbonyl (C=O) groups is 1. The number of ether oxygens (including phenoxy) is 1. The summed E-state index contributed by atoms with van der Waals surface area (Å²) >= 11 is 0. The molecule has 0 aliphatic rings. The Morgan fingerprint density at radius 2 is 1.78 bits per heavy atom. The van der Waals surface area contributed by atoms with Crippen molar-refractivity contribution < 1.29 is 27.5 Å². The van der Waals surface area contributed by atoms with E-state index in [0.29, 0.717) is 0 Å². The third-order valence-electron chi connectivity index (χ3n) is 2.04. The van der Waals surface area contributed by atoms with Crippen LogP contribution in [0.3, 0.4) is 0 Å². The molecule has 1 unspecified atom stereocenters. The summed E-state index contributed by atoms with van der Waals surface area (Å²) in [5, 5.41) is -2.85. The van der Waals surface area contributed by atoms with Crippen LogP contribution in [0.4, 0.5) is 4.39 Å². The lowest BCUT2D eigenvalue weighted by atomic mass is 10.2. The zero-order valence-corrected chi connectivity index (χ0v) is 11.9. The average Bonchev–Trinajstić information content (AvgIpc) is 2.30. The summed E-state index contributed by atoms with van der Waals surface area (Å²) < 4.78 is 41.4. The van der Waals surface area contributed by atoms with Crippen LogP contribution in [0.2, 0.25) is 0 Å². The Morgan fingerprint density at radius 1 is 1.28 bits per heavy atom. The van der Waals surface area contributed by atoms with E-state index in [1.165, 1.54) is 20.8 Å². The molecule has 18 heavy (non-hydrogen) atoms. The Bertz CT molecular complexity index is 323. The van der Waals surface area contributed by atoms with Crippen LogP contribution in [0.1, 0.15) is 27.2 Å². The summed E-state index contributed by atoms with van der Waals surface area (Å²) in [7, 11) is -4.26. The largest absolute Gasteiger partial charge is 0.463 e. The highest BCUT2D eigenvalue weighted by Gasteiger charge is 2.58. The number of halogens is 1. The second-order valence-corrected chi connectivity index (χ2v) is 5.53. The molecule has 0 aromatic heterocycles. The molecule has 106 valence electrons. The zero-order valence-electron chi connectivity index (χ0n) is 11.0. The smallest absolute Gasteiger partial charge is 0.379 e. The molecule has 7 heteroatoms. The SMILES string of the molecule is C=CCC(F)(C(=O)OCC)P(=O)(OCC)OCC. The average molecular weight is 282 g/mol. The van der Waals surface area contributed by atoms with Gasteiger partial charge in [0.05, 0.1) is 19.8 Å². The molecule has 0 aromatic rings. The molecule has 0 N–H and O–H groups in total. The van der Waals surface area contributed by atoms with Crippen LogP contribution in [0, 0.1) is 0 Å². The number of carbonyl (C=O) groups excluding carboxylic acids is 1. The van der Waals surface area contributed by atoms with Crippen molar-refractivity contribution >= 4 is 13.6 Å². The quantitative estimate of drug-likeness (QED) is 0.369. The van der Waals surface area contributed by atoms with Gasteiger partial charge in [-0.05, 0) is 20.8 Å². The van der Waals surface area contributed by atoms with Crippen molar-refractivity contribution in [2.24, 2.45) is 0 Å². The van der Waals surface area contributed by atoms with Gasteiger partial charge < -0.3 is 13.8 Å². The van der Waals surface area contributed by atoms with Crippen LogP contribution >= 0.6 is 7.60 Å². The minimum atomic E-state index is -4.26. The number of allylic oxidation sites excluding steroid dienone is 1. The van der Waals surface area contributed by atoms with Crippen LogP contribution in [0.25, 0.3) is 0 Å². The van der Waals surface area contributed by atoms with Crippen LogP contribution in [-0.2, 0) is 23.1 Å². The highest BCUT2D eigenvalue weighted by Crippen LogP contribution is 2.63. The van der Waals surface area contributed by atoms with E-state index in [9.17, 15) is 13.8 Å². The van der Waals surface area contributed by atoms with E-state index < -0.39 is 25.4 Å². The highest BCUT2D eigenvalue weighted by atomic mass is 31.2. The number of hydrogen-bond acceptors (Lipinski definition) is 5. The van der Waals surface area contributed by atoms with Crippen LogP contribution in [0.5, 0.6) is 0 Å². The Morgan fingerprint density at radius 3 is 2.11 bits per heavy atom. The molecule has 0 radical (unpaired) electrons. The number of rotatable bonds is 9. The highest BCUT2D eigenvalue weighted by molar-refractivity contribution is 7.56.